The Balaban J connectivity index is 1.99. The van der Waals surface area contributed by atoms with E-state index in [2.05, 4.69) is 12.2 Å². The molecule has 1 aliphatic rings. The van der Waals surface area contributed by atoms with Crippen molar-refractivity contribution in [2.24, 2.45) is 11.8 Å². The SMILES string of the molecule is CCO[C@H]1OC(C(=O)NCc2ccccc2)=C[C@@H](C)[C@H]1CCCO. The van der Waals surface area contributed by atoms with Crippen LogP contribution in [0.5, 0.6) is 0 Å². The number of nitrogens with one attached hydrogen (secondary N) is 1. The highest BCUT2D eigenvalue weighted by molar-refractivity contribution is 5.91. The monoisotopic (exact) mass is 333 g/mol. The van der Waals surface area contributed by atoms with Gasteiger partial charge in [-0.2, -0.15) is 0 Å². The maximum Gasteiger partial charge on any atom is 0.286 e. The first kappa shape index (κ1) is 18.5. The van der Waals surface area contributed by atoms with E-state index >= 15 is 0 Å². The number of carbonyl (C=O) groups excluding carboxylic acids is 1. The van der Waals surface area contributed by atoms with Crippen molar-refractivity contribution in [3.63, 3.8) is 0 Å². The first-order valence-corrected chi connectivity index (χ1v) is 8.58. The van der Waals surface area contributed by atoms with Gasteiger partial charge in [0.25, 0.3) is 5.91 Å². The van der Waals surface area contributed by atoms with Gasteiger partial charge in [0.1, 0.15) is 0 Å². The van der Waals surface area contributed by atoms with E-state index in [1.165, 1.54) is 0 Å². The third-order valence-corrected chi connectivity index (χ3v) is 4.23. The molecule has 1 aromatic carbocycles. The Morgan fingerprint density at radius 1 is 1.33 bits per heavy atom. The lowest BCUT2D eigenvalue weighted by Gasteiger charge is -2.35. The third-order valence-electron chi connectivity index (χ3n) is 4.23. The minimum Gasteiger partial charge on any atom is -0.459 e. The van der Waals surface area contributed by atoms with Gasteiger partial charge in [-0.15, -0.1) is 0 Å². The molecule has 3 atom stereocenters. The average Bonchev–Trinajstić information content (AvgIpc) is 2.60. The molecule has 0 aliphatic carbocycles. The van der Waals surface area contributed by atoms with E-state index in [9.17, 15) is 4.79 Å². The number of benzene rings is 1. The Bertz CT molecular complexity index is 544. The number of carbonyl (C=O) groups is 1. The molecule has 5 nitrogen and oxygen atoms in total. The van der Waals surface area contributed by atoms with E-state index in [1.54, 1.807) is 0 Å². The molecule has 0 bridgehead atoms. The van der Waals surface area contributed by atoms with Crippen LogP contribution in [0.3, 0.4) is 0 Å². The summed E-state index contributed by atoms with van der Waals surface area (Å²) in [7, 11) is 0. The fraction of sp³-hybridized carbons (Fsp3) is 0.526. The van der Waals surface area contributed by atoms with Crippen LogP contribution in [-0.2, 0) is 20.8 Å². The van der Waals surface area contributed by atoms with Gasteiger partial charge in [-0.05, 0) is 37.3 Å². The molecule has 2 N–H and O–H groups in total. The zero-order chi connectivity index (χ0) is 17.4. The molecule has 0 saturated heterocycles. The molecule has 0 radical (unpaired) electrons. The molecule has 2 rings (SSSR count). The van der Waals surface area contributed by atoms with Crippen LogP contribution in [0.4, 0.5) is 0 Å². The maximum absolute atomic E-state index is 12.4. The summed E-state index contributed by atoms with van der Waals surface area (Å²) in [5.41, 5.74) is 1.04. The normalized spacial score (nSPS) is 23.3. The summed E-state index contributed by atoms with van der Waals surface area (Å²) >= 11 is 0. The summed E-state index contributed by atoms with van der Waals surface area (Å²) in [6.07, 6.45) is 2.92. The Labute approximate surface area is 143 Å². The van der Waals surface area contributed by atoms with E-state index in [0.29, 0.717) is 25.3 Å². The number of amides is 1. The van der Waals surface area contributed by atoms with Crippen LogP contribution in [0, 0.1) is 11.8 Å². The third kappa shape index (κ3) is 5.08. The highest BCUT2D eigenvalue weighted by Gasteiger charge is 2.34. The van der Waals surface area contributed by atoms with Gasteiger partial charge in [-0.3, -0.25) is 4.79 Å². The van der Waals surface area contributed by atoms with E-state index in [-0.39, 0.29) is 24.3 Å². The van der Waals surface area contributed by atoms with Crippen LogP contribution in [0.1, 0.15) is 32.3 Å². The van der Waals surface area contributed by atoms with Crippen LogP contribution >= 0.6 is 0 Å². The second kappa shape index (κ2) is 9.45. The standard InChI is InChI=1S/C19H27NO4/c1-3-23-19-16(10-7-11-21)14(2)12-17(24-19)18(22)20-13-15-8-5-4-6-9-15/h4-6,8-9,12,14,16,19,21H,3,7,10-11,13H2,1-2H3,(H,20,22)/t14-,16-,19+/m1/s1. The quantitative estimate of drug-likeness (QED) is 0.767. The Morgan fingerprint density at radius 3 is 2.75 bits per heavy atom. The van der Waals surface area contributed by atoms with Crippen molar-refractivity contribution in [3.8, 4) is 0 Å². The van der Waals surface area contributed by atoms with Crippen molar-refractivity contribution in [1.29, 1.82) is 0 Å². The first-order chi connectivity index (χ1) is 11.7. The summed E-state index contributed by atoms with van der Waals surface area (Å²) in [5.74, 6) is 0.384. The number of aliphatic hydroxyl groups is 1. The Morgan fingerprint density at radius 2 is 2.08 bits per heavy atom. The number of ether oxygens (including phenoxy) is 2. The molecule has 0 spiro atoms. The molecule has 1 amide bonds. The van der Waals surface area contributed by atoms with E-state index in [4.69, 9.17) is 14.6 Å². The molecule has 5 heteroatoms. The van der Waals surface area contributed by atoms with E-state index in [0.717, 1.165) is 12.0 Å². The fourth-order valence-electron chi connectivity index (χ4n) is 2.90. The van der Waals surface area contributed by atoms with Crippen LogP contribution < -0.4 is 5.32 Å². The van der Waals surface area contributed by atoms with E-state index < -0.39 is 6.29 Å². The molecular formula is C19H27NO4. The van der Waals surface area contributed by atoms with Crippen molar-refractivity contribution in [2.45, 2.75) is 39.5 Å². The predicted molar refractivity (Wildman–Crippen MR) is 91.8 cm³/mol. The van der Waals surface area contributed by atoms with Gasteiger partial charge < -0.3 is 19.9 Å². The summed E-state index contributed by atoms with van der Waals surface area (Å²) in [5, 5.41) is 11.9. The molecule has 24 heavy (non-hydrogen) atoms. The van der Waals surface area contributed by atoms with Gasteiger partial charge in [0, 0.05) is 25.7 Å². The highest BCUT2D eigenvalue weighted by atomic mass is 16.7. The number of aliphatic hydroxyl groups excluding tert-OH is 1. The molecule has 0 fully saturated rings. The van der Waals surface area contributed by atoms with Crippen LogP contribution in [-0.4, -0.2) is 30.5 Å². The van der Waals surface area contributed by atoms with Gasteiger partial charge in [0.05, 0.1) is 0 Å². The largest absolute Gasteiger partial charge is 0.459 e. The van der Waals surface area contributed by atoms with Gasteiger partial charge in [0.2, 0.25) is 6.29 Å². The smallest absolute Gasteiger partial charge is 0.286 e. The first-order valence-electron chi connectivity index (χ1n) is 8.58. The van der Waals surface area contributed by atoms with Crippen molar-refractivity contribution in [3.05, 3.63) is 47.7 Å². The molecule has 0 saturated carbocycles. The molecule has 132 valence electrons. The van der Waals surface area contributed by atoms with Gasteiger partial charge in [-0.25, -0.2) is 0 Å². The average molecular weight is 333 g/mol. The molecular weight excluding hydrogens is 306 g/mol. The number of rotatable bonds is 8. The number of hydrogen-bond donors (Lipinski definition) is 2. The minimum absolute atomic E-state index is 0.141. The van der Waals surface area contributed by atoms with Crippen molar-refractivity contribution >= 4 is 5.91 Å². The van der Waals surface area contributed by atoms with Crippen molar-refractivity contribution in [2.75, 3.05) is 13.2 Å². The second-order valence-electron chi connectivity index (χ2n) is 6.03. The lowest BCUT2D eigenvalue weighted by Crippen LogP contribution is -2.38. The topological polar surface area (TPSA) is 67.8 Å². The lowest BCUT2D eigenvalue weighted by molar-refractivity contribution is -0.171. The summed E-state index contributed by atoms with van der Waals surface area (Å²) in [6.45, 7) is 5.09. The fourth-order valence-corrected chi connectivity index (χ4v) is 2.90. The lowest BCUT2D eigenvalue weighted by atomic mass is 9.87. The molecule has 1 heterocycles. The molecule has 0 unspecified atom stereocenters. The van der Waals surface area contributed by atoms with Gasteiger partial charge in [0.15, 0.2) is 5.76 Å². The van der Waals surface area contributed by atoms with Crippen molar-refractivity contribution in [1.82, 2.24) is 5.32 Å². The van der Waals surface area contributed by atoms with Gasteiger partial charge in [-0.1, -0.05) is 37.3 Å². The zero-order valence-electron chi connectivity index (χ0n) is 14.4. The summed E-state index contributed by atoms with van der Waals surface area (Å²) < 4.78 is 11.5. The van der Waals surface area contributed by atoms with Crippen molar-refractivity contribution < 1.29 is 19.4 Å². The molecule has 1 aromatic rings. The van der Waals surface area contributed by atoms with Crippen LogP contribution in [0.15, 0.2) is 42.2 Å². The Hall–Kier alpha value is -1.85. The Kier molecular flexibility index (Phi) is 7.28. The summed E-state index contributed by atoms with van der Waals surface area (Å²) in [6, 6.07) is 9.76. The highest BCUT2D eigenvalue weighted by Crippen LogP contribution is 2.32. The van der Waals surface area contributed by atoms with Crippen LogP contribution in [0.25, 0.3) is 0 Å². The zero-order valence-corrected chi connectivity index (χ0v) is 14.4. The molecule has 1 aliphatic heterocycles. The molecule has 0 aromatic heterocycles. The maximum atomic E-state index is 12.4. The minimum atomic E-state index is -0.445. The number of allylic oxidation sites excluding steroid dienone is 1. The van der Waals surface area contributed by atoms with Gasteiger partial charge >= 0.3 is 0 Å². The predicted octanol–water partition coefficient (Wildman–Crippen LogP) is 2.60. The number of hydrogen-bond acceptors (Lipinski definition) is 4. The van der Waals surface area contributed by atoms with Crippen LogP contribution in [0.2, 0.25) is 0 Å². The summed E-state index contributed by atoms with van der Waals surface area (Å²) in [4.78, 5) is 12.4. The van der Waals surface area contributed by atoms with E-state index in [1.807, 2.05) is 43.3 Å². The second-order valence-corrected chi connectivity index (χ2v) is 6.03.